The van der Waals surface area contributed by atoms with Crippen molar-refractivity contribution in [2.24, 2.45) is 0 Å². The van der Waals surface area contributed by atoms with E-state index in [1.165, 1.54) is 23.1 Å². The highest BCUT2D eigenvalue weighted by molar-refractivity contribution is 7.91. The molecule has 1 aromatic rings. The van der Waals surface area contributed by atoms with Crippen LogP contribution in [0.2, 0.25) is 0 Å². The highest BCUT2D eigenvalue weighted by Crippen LogP contribution is 2.21. The normalized spacial score (nSPS) is 19.3. The topological polar surface area (TPSA) is 91.8 Å². The molecule has 1 amide bonds. The van der Waals surface area contributed by atoms with Crippen LogP contribution in [0.1, 0.15) is 32.7 Å². The Hall–Kier alpha value is -2.15. The molecule has 1 saturated heterocycles. The molecule has 0 bridgehead atoms. The van der Waals surface area contributed by atoms with E-state index in [4.69, 9.17) is 5.11 Å². The summed E-state index contributed by atoms with van der Waals surface area (Å²) in [6.45, 7) is 5.54. The lowest BCUT2D eigenvalue weighted by atomic mass is 10.0. The van der Waals surface area contributed by atoms with Crippen molar-refractivity contribution >= 4 is 21.7 Å². The van der Waals surface area contributed by atoms with Crippen LogP contribution in [0, 0.1) is 6.92 Å². The molecule has 0 spiro atoms. The minimum atomic E-state index is -3.13. The summed E-state index contributed by atoms with van der Waals surface area (Å²) in [4.78, 5) is 25.4. The molecule has 23 heavy (non-hydrogen) atoms. The van der Waals surface area contributed by atoms with Gasteiger partial charge in [-0.2, -0.15) is 0 Å². The summed E-state index contributed by atoms with van der Waals surface area (Å²) in [6, 6.07) is 4.00. The molecule has 0 aliphatic carbocycles. The standard InChI is InChI=1S/C16H19NO5S/c1-3-5-17(14-4-6-23(21,22)10-14)15(18)12-7-11(2)8-13(9-12)16(19)20/h3,7-9,14H,1,4-6,10H2,2H3,(H,19,20). The summed E-state index contributed by atoms with van der Waals surface area (Å²) < 4.78 is 23.3. The number of benzene rings is 1. The first-order chi connectivity index (χ1) is 10.7. The second-order valence-corrected chi connectivity index (χ2v) is 7.92. The van der Waals surface area contributed by atoms with Crippen LogP contribution in [-0.4, -0.2) is 54.4 Å². The first-order valence-corrected chi connectivity index (χ1v) is 9.03. The SMILES string of the molecule is C=CCN(C(=O)c1cc(C)cc(C(=O)O)c1)C1CCS(=O)(=O)C1. The molecule has 0 saturated carbocycles. The number of hydrogen-bond acceptors (Lipinski definition) is 4. The molecule has 1 fully saturated rings. The Morgan fingerprint density at radius 3 is 2.52 bits per heavy atom. The Balaban J connectivity index is 2.35. The molecule has 1 aliphatic rings. The monoisotopic (exact) mass is 337 g/mol. The van der Waals surface area contributed by atoms with Gasteiger partial charge in [0.25, 0.3) is 5.91 Å². The van der Waals surface area contributed by atoms with Gasteiger partial charge in [0.1, 0.15) is 0 Å². The van der Waals surface area contributed by atoms with Crippen molar-refractivity contribution in [1.82, 2.24) is 4.90 Å². The Kier molecular flexibility index (Phi) is 4.89. The number of carbonyl (C=O) groups excluding carboxylic acids is 1. The lowest BCUT2D eigenvalue weighted by molar-refractivity contribution is 0.0696. The summed E-state index contributed by atoms with van der Waals surface area (Å²) in [5.41, 5.74) is 0.936. The van der Waals surface area contributed by atoms with Crippen molar-refractivity contribution < 1.29 is 23.1 Å². The van der Waals surface area contributed by atoms with Crippen LogP contribution in [-0.2, 0) is 9.84 Å². The van der Waals surface area contributed by atoms with Gasteiger partial charge in [-0.25, -0.2) is 13.2 Å². The molecule has 124 valence electrons. The van der Waals surface area contributed by atoms with Gasteiger partial charge < -0.3 is 10.0 Å². The van der Waals surface area contributed by atoms with Crippen LogP contribution in [0.15, 0.2) is 30.9 Å². The number of carbonyl (C=O) groups is 2. The Morgan fingerprint density at radius 1 is 1.35 bits per heavy atom. The summed E-state index contributed by atoms with van der Waals surface area (Å²) in [5.74, 6) is -1.49. The molecule has 0 aromatic heterocycles. The molecule has 1 N–H and O–H groups in total. The molecular weight excluding hydrogens is 318 g/mol. The van der Waals surface area contributed by atoms with E-state index in [0.29, 0.717) is 12.0 Å². The van der Waals surface area contributed by atoms with Crippen molar-refractivity contribution in [1.29, 1.82) is 0 Å². The van der Waals surface area contributed by atoms with Crippen LogP contribution in [0.5, 0.6) is 0 Å². The third kappa shape index (κ3) is 3.98. The van der Waals surface area contributed by atoms with E-state index in [-0.39, 0.29) is 35.1 Å². The van der Waals surface area contributed by atoms with Gasteiger partial charge in [-0.3, -0.25) is 4.79 Å². The lowest BCUT2D eigenvalue weighted by Gasteiger charge is -2.27. The molecule has 1 unspecified atom stereocenters. The molecule has 7 heteroatoms. The molecule has 1 aliphatic heterocycles. The third-order valence-electron chi connectivity index (χ3n) is 3.81. The average Bonchev–Trinajstić information content (AvgIpc) is 2.83. The highest BCUT2D eigenvalue weighted by atomic mass is 32.2. The lowest BCUT2D eigenvalue weighted by Crippen LogP contribution is -2.41. The number of aromatic carboxylic acids is 1. The fourth-order valence-electron chi connectivity index (χ4n) is 2.75. The zero-order valence-corrected chi connectivity index (χ0v) is 13.7. The van der Waals surface area contributed by atoms with Gasteiger partial charge in [0.2, 0.25) is 0 Å². The number of hydrogen-bond donors (Lipinski definition) is 1. The minimum absolute atomic E-state index is 0.0333. The summed E-state index contributed by atoms with van der Waals surface area (Å²) >= 11 is 0. The summed E-state index contributed by atoms with van der Waals surface area (Å²) in [5, 5.41) is 9.12. The Bertz CT molecular complexity index is 754. The number of aryl methyl sites for hydroxylation is 1. The summed E-state index contributed by atoms with van der Waals surface area (Å²) in [6.07, 6.45) is 1.93. The van der Waals surface area contributed by atoms with E-state index in [1.54, 1.807) is 13.0 Å². The maximum Gasteiger partial charge on any atom is 0.335 e. The number of amides is 1. The third-order valence-corrected chi connectivity index (χ3v) is 5.56. The number of carboxylic acid groups (broad SMARTS) is 1. The zero-order valence-electron chi connectivity index (χ0n) is 12.9. The highest BCUT2D eigenvalue weighted by Gasteiger charge is 2.34. The molecular formula is C16H19NO5S. The fourth-order valence-corrected chi connectivity index (χ4v) is 4.48. The number of rotatable bonds is 5. The van der Waals surface area contributed by atoms with Crippen molar-refractivity contribution in [3.8, 4) is 0 Å². The first-order valence-electron chi connectivity index (χ1n) is 7.21. The van der Waals surface area contributed by atoms with E-state index >= 15 is 0 Å². The smallest absolute Gasteiger partial charge is 0.335 e. The second-order valence-electron chi connectivity index (χ2n) is 5.70. The first kappa shape index (κ1) is 17.2. The predicted octanol–water partition coefficient (Wildman–Crippen LogP) is 1.51. The van der Waals surface area contributed by atoms with Gasteiger partial charge in [-0.05, 0) is 37.1 Å². The Morgan fingerprint density at radius 2 is 2.00 bits per heavy atom. The van der Waals surface area contributed by atoms with Gasteiger partial charge in [0.15, 0.2) is 9.84 Å². The maximum absolute atomic E-state index is 12.8. The quantitative estimate of drug-likeness (QED) is 0.822. The van der Waals surface area contributed by atoms with Crippen LogP contribution in [0.25, 0.3) is 0 Å². The van der Waals surface area contributed by atoms with Gasteiger partial charge in [-0.15, -0.1) is 6.58 Å². The van der Waals surface area contributed by atoms with Crippen molar-refractivity contribution in [2.45, 2.75) is 19.4 Å². The molecule has 6 nitrogen and oxygen atoms in total. The van der Waals surface area contributed by atoms with Crippen molar-refractivity contribution in [3.63, 3.8) is 0 Å². The summed E-state index contributed by atoms with van der Waals surface area (Å²) in [7, 11) is -3.13. The van der Waals surface area contributed by atoms with E-state index < -0.39 is 21.8 Å². The number of nitrogens with zero attached hydrogens (tertiary/aromatic N) is 1. The van der Waals surface area contributed by atoms with Crippen molar-refractivity contribution in [3.05, 3.63) is 47.5 Å². The predicted molar refractivity (Wildman–Crippen MR) is 86.4 cm³/mol. The van der Waals surface area contributed by atoms with Crippen LogP contribution in [0.4, 0.5) is 0 Å². The average molecular weight is 337 g/mol. The molecule has 1 heterocycles. The van der Waals surface area contributed by atoms with E-state index in [0.717, 1.165) is 0 Å². The zero-order chi connectivity index (χ0) is 17.2. The molecule has 0 radical (unpaired) electrons. The van der Waals surface area contributed by atoms with Gasteiger partial charge >= 0.3 is 5.97 Å². The molecule has 1 aromatic carbocycles. The van der Waals surface area contributed by atoms with Gasteiger partial charge in [-0.1, -0.05) is 6.08 Å². The molecule has 1 atom stereocenters. The van der Waals surface area contributed by atoms with Gasteiger partial charge in [0, 0.05) is 18.2 Å². The van der Waals surface area contributed by atoms with E-state index in [2.05, 4.69) is 6.58 Å². The number of sulfone groups is 1. The van der Waals surface area contributed by atoms with Crippen LogP contribution < -0.4 is 0 Å². The largest absolute Gasteiger partial charge is 0.478 e. The maximum atomic E-state index is 12.8. The fraction of sp³-hybridized carbons (Fsp3) is 0.375. The minimum Gasteiger partial charge on any atom is -0.478 e. The second kappa shape index (κ2) is 6.54. The van der Waals surface area contributed by atoms with Crippen LogP contribution in [0.3, 0.4) is 0 Å². The van der Waals surface area contributed by atoms with Crippen molar-refractivity contribution in [2.75, 3.05) is 18.1 Å². The Labute approximate surface area is 135 Å². The van der Waals surface area contributed by atoms with Crippen LogP contribution >= 0.6 is 0 Å². The van der Waals surface area contributed by atoms with E-state index in [9.17, 15) is 18.0 Å². The van der Waals surface area contributed by atoms with Gasteiger partial charge in [0.05, 0.1) is 17.1 Å². The number of carboxylic acids is 1. The van der Waals surface area contributed by atoms with E-state index in [1.807, 2.05) is 0 Å². The molecule has 2 rings (SSSR count).